The highest BCUT2D eigenvalue weighted by molar-refractivity contribution is 7.92. The van der Waals surface area contributed by atoms with Gasteiger partial charge in [0.05, 0.1) is 24.8 Å². The molecule has 1 aliphatic heterocycles. The number of methoxy groups -OCH3 is 2. The first-order chi connectivity index (χ1) is 16.8. The van der Waals surface area contributed by atoms with Crippen molar-refractivity contribution in [1.29, 1.82) is 0 Å². The van der Waals surface area contributed by atoms with Gasteiger partial charge in [-0.1, -0.05) is 24.3 Å². The lowest BCUT2D eigenvalue weighted by Gasteiger charge is -2.39. The van der Waals surface area contributed by atoms with E-state index in [1.54, 1.807) is 48.5 Å². The summed E-state index contributed by atoms with van der Waals surface area (Å²) in [6.07, 6.45) is 1.09. The van der Waals surface area contributed by atoms with Gasteiger partial charge in [0.2, 0.25) is 0 Å². The molecule has 1 heterocycles. The Morgan fingerprint density at radius 2 is 1.60 bits per heavy atom. The van der Waals surface area contributed by atoms with E-state index in [0.717, 1.165) is 6.07 Å². The van der Waals surface area contributed by atoms with Crippen LogP contribution in [0.15, 0.2) is 71.6 Å². The molecule has 1 saturated heterocycles. The molecule has 0 aromatic heterocycles. The largest absolute Gasteiger partial charge is 0.493 e. The molecule has 0 atom stereocenters. The van der Waals surface area contributed by atoms with E-state index >= 15 is 0 Å². The Hall–Kier alpha value is -3.17. The molecule has 0 saturated carbocycles. The number of nitrogens with zero attached hydrogens (tertiary/aromatic N) is 2. The van der Waals surface area contributed by atoms with Gasteiger partial charge in [0.1, 0.15) is 11.6 Å². The summed E-state index contributed by atoms with van der Waals surface area (Å²) in [5, 5.41) is 0. The minimum absolute atomic E-state index is 0.200. The molecule has 0 spiro atoms. The molecule has 0 aliphatic carbocycles. The second-order valence-electron chi connectivity index (χ2n) is 8.40. The van der Waals surface area contributed by atoms with Crippen LogP contribution in [0.5, 0.6) is 11.5 Å². The van der Waals surface area contributed by atoms with Gasteiger partial charge in [-0.2, -0.15) is 0 Å². The summed E-state index contributed by atoms with van der Waals surface area (Å²) < 4.78 is 67.2. The van der Waals surface area contributed by atoms with Crippen LogP contribution in [0.3, 0.4) is 0 Å². The van der Waals surface area contributed by atoms with Crippen LogP contribution in [-0.2, 0) is 16.6 Å². The molecule has 1 aliphatic rings. The van der Waals surface area contributed by atoms with Crippen molar-refractivity contribution in [3.8, 4) is 11.5 Å². The van der Waals surface area contributed by atoms with Gasteiger partial charge < -0.3 is 9.47 Å². The molecule has 3 aromatic rings. The fraction of sp³-hybridized carbons (Fsp3) is 0.308. The third-order valence-electron chi connectivity index (χ3n) is 6.22. The molecule has 35 heavy (non-hydrogen) atoms. The third kappa shape index (κ3) is 5.41. The Labute approximate surface area is 204 Å². The summed E-state index contributed by atoms with van der Waals surface area (Å²) in [5.74, 6) is -0.251. The van der Waals surface area contributed by atoms with Crippen LogP contribution < -0.4 is 13.8 Å². The van der Waals surface area contributed by atoms with Crippen LogP contribution >= 0.6 is 0 Å². The second kappa shape index (κ2) is 10.6. The second-order valence-corrected chi connectivity index (χ2v) is 10.2. The zero-order valence-electron chi connectivity index (χ0n) is 19.7. The number of likely N-dealkylation sites (tertiary alicyclic amines) is 1. The van der Waals surface area contributed by atoms with Crippen LogP contribution in [0.1, 0.15) is 18.4 Å². The first kappa shape index (κ1) is 24.9. The molecule has 1 fully saturated rings. The Bertz CT molecular complexity index is 1260. The molecule has 186 valence electrons. The van der Waals surface area contributed by atoms with Gasteiger partial charge in [-0.15, -0.1) is 0 Å². The highest BCUT2D eigenvalue weighted by Crippen LogP contribution is 2.36. The van der Waals surface area contributed by atoms with Gasteiger partial charge in [-0.05, 0) is 43.2 Å². The zero-order valence-corrected chi connectivity index (χ0v) is 20.5. The van der Waals surface area contributed by atoms with Crippen molar-refractivity contribution >= 4 is 15.7 Å². The van der Waals surface area contributed by atoms with E-state index in [-0.39, 0.29) is 10.9 Å². The van der Waals surface area contributed by atoms with E-state index in [1.807, 2.05) is 0 Å². The molecular weight excluding hydrogens is 474 g/mol. The number of piperidine rings is 1. The predicted molar refractivity (Wildman–Crippen MR) is 130 cm³/mol. The number of rotatable bonds is 8. The van der Waals surface area contributed by atoms with Crippen LogP contribution in [0.2, 0.25) is 0 Å². The minimum Gasteiger partial charge on any atom is -0.493 e. The van der Waals surface area contributed by atoms with Crippen LogP contribution in [-0.4, -0.2) is 46.7 Å². The zero-order chi connectivity index (χ0) is 25.0. The highest BCUT2D eigenvalue weighted by atomic mass is 32.2. The molecule has 6 nitrogen and oxygen atoms in total. The molecule has 3 aromatic carbocycles. The van der Waals surface area contributed by atoms with E-state index in [0.29, 0.717) is 55.2 Å². The maximum Gasteiger partial charge on any atom is 0.264 e. The predicted octanol–water partition coefficient (Wildman–Crippen LogP) is 4.84. The Morgan fingerprint density at radius 1 is 0.914 bits per heavy atom. The SMILES string of the molecule is COc1ccc(N(C2CCN(Cc3ccc(F)cc3F)CC2)S(=O)(=O)c2ccccc2)cc1OC. The molecule has 0 bridgehead atoms. The topological polar surface area (TPSA) is 59.1 Å². The highest BCUT2D eigenvalue weighted by Gasteiger charge is 2.34. The Balaban J connectivity index is 1.61. The fourth-order valence-electron chi connectivity index (χ4n) is 4.42. The lowest BCUT2D eigenvalue weighted by molar-refractivity contribution is 0.204. The van der Waals surface area contributed by atoms with Gasteiger partial charge in [0.25, 0.3) is 10.0 Å². The lowest BCUT2D eigenvalue weighted by Crippen LogP contribution is -2.47. The van der Waals surface area contributed by atoms with Crippen LogP contribution in [0.25, 0.3) is 0 Å². The normalized spacial score (nSPS) is 15.1. The Kier molecular flexibility index (Phi) is 7.57. The molecule has 0 N–H and O–H groups in total. The maximum atomic E-state index is 14.1. The van der Waals surface area contributed by atoms with Gasteiger partial charge in [0, 0.05) is 43.4 Å². The van der Waals surface area contributed by atoms with Gasteiger partial charge >= 0.3 is 0 Å². The first-order valence-corrected chi connectivity index (χ1v) is 12.8. The van der Waals surface area contributed by atoms with Crippen molar-refractivity contribution in [3.05, 3.63) is 83.9 Å². The number of hydrogen-bond acceptors (Lipinski definition) is 5. The van der Waals surface area contributed by atoms with E-state index in [1.165, 1.54) is 30.7 Å². The number of hydrogen-bond donors (Lipinski definition) is 0. The average molecular weight is 503 g/mol. The van der Waals surface area contributed by atoms with E-state index in [9.17, 15) is 17.2 Å². The third-order valence-corrected chi connectivity index (χ3v) is 8.11. The van der Waals surface area contributed by atoms with Crippen LogP contribution in [0, 0.1) is 11.6 Å². The van der Waals surface area contributed by atoms with Gasteiger partial charge in [-0.3, -0.25) is 9.21 Å². The van der Waals surface area contributed by atoms with Crippen molar-refractivity contribution in [3.63, 3.8) is 0 Å². The summed E-state index contributed by atoms with van der Waals surface area (Å²) in [6.45, 7) is 1.46. The smallest absolute Gasteiger partial charge is 0.264 e. The van der Waals surface area contributed by atoms with Crippen molar-refractivity contribution in [2.45, 2.75) is 30.3 Å². The number of anilines is 1. The number of halogens is 2. The van der Waals surface area contributed by atoms with Crippen molar-refractivity contribution in [2.75, 3.05) is 31.6 Å². The van der Waals surface area contributed by atoms with E-state index in [4.69, 9.17) is 9.47 Å². The first-order valence-electron chi connectivity index (χ1n) is 11.3. The minimum atomic E-state index is -3.87. The van der Waals surface area contributed by atoms with Crippen LogP contribution in [0.4, 0.5) is 14.5 Å². The molecule has 0 unspecified atom stereocenters. The van der Waals surface area contributed by atoms with Crippen molar-refractivity contribution in [1.82, 2.24) is 4.90 Å². The maximum absolute atomic E-state index is 14.1. The van der Waals surface area contributed by atoms with Gasteiger partial charge in [0.15, 0.2) is 11.5 Å². The van der Waals surface area contributed by atoms with E-state index < -0.39 is 21.7 Å². The summed E-state index contributed by atoms with van der Waals surface area (Å²) in [6, 6.07) is 16.6. The lowest BCUT2D eigenvalue weighted by atomic mass is 10.0. The molecule has 4 rings (SSSR count). The summed E-state index contributed by atoms with van der Waals surface area (Å²) >= 11 is 0. The van der Waals surface area contributed by atoms with Crippen molar-refractivity contribution < 1.29 is 26.7 Å². The summed E-state index contributed by atoms with van der Waals surface area (Å²) in [4.78, 5) is 2.25. The summed E-state index contributed by atoms with van der Waals surface area (Å²) in [5.41, 5.74) is 0.896. The number of benzene rings is 3. The van der Waals surface area contributed by atoms with Gasteiger partial charge in [-0.25, -0.2) is 17.2 Å². The van der Waals surface area contributed by atoms with E-state index in [2.05, 4.69) is 4.90 Å². The standard InChI is InChI=1S/C26H28F2N2O4S/c1-33-25-11-10-22(17-26(25)34-2)30(35(31,32)23-6-4-3-5-7-23)21-12-14-29(15-13-21)18-19-8-9-20(27)16-24(19)28/h3-11,16-17,21H,12-15,18H2,1-2H3. The average Bonchev–Trinajstić information content (AvgIpc) is 2.87. The molecule has 0 radical (unpaired) electrons. The van der Waals surface area contributed by atoms with Crippen molar-refractivity contribution in [2.24, 2.45) is 0 Å². The number of sulfonamides is 1. The quantitative estimate of drug-likeness (QED) is 0.441. The monoisotopic (exact) mass is 502 g/mol. The number of ether oxygens (including phenoxy) is 2. The Morgan fingerprint density at radius 3 is 2.23 bits per heavy atom. The summed E-state index contributed by atoms with van der Waals surface area (Å²) in [7, 11) is -0.841. The molecular formula is C26H28F2N2O4S. The molecule has 9 heteroatoms. The fourth-order valence-corrected chi connectivity index (χ4v) is 6.14. The molecule has 0 amide bonds.